The molecule has 0 unspecified atom stereocenters. The number of aromatic nitrogens is 4. The highest BCUT2D eigenvalue weighted by Gasteiger charge is 2.18. The summed E-state index contributed by atoms with van der Waals surface area (Å²) < 4.78 is 0. The molecule has 2 aliphatic heterocycles. The van der Waals surface area contributed by atoms with Gasteiger partial charge in [-0.2, -0.15) is 0 Å². The van der Waals surface area contributed by atoms with Gasteiger partial charge in [-0.05, 0) is 70.8 Å². The second-order valence-electron chi connectivity index (χ2n) is 12.0. The third-order valence-electron chi connectivity index (χ3n) is 9.00. The molecule has 8 bridgehead atoms. The maximum absolute atomic E-state index is 5.35. The van der Waals surface area contributed by atoms with Gasteiger partial charge in [0.2, 0.25) is 0 Å². The smallest absolute Gasteiger partial charge is 0.187 e. The van der Waals surface area contributed by atoms with Gasteiger partial charge in [-0.3, -0.25) is 0 Å². The summed E-state index contributed by atoms with van der Waals surface area (Å²) in [7, 11) is 0. The maximum atomic E-state index is 5.35. The summed E-state index contributed by atoms with van der Waals surface area (Å²) in [6, 6.07) is 50.7. The first-order chi connectivity index (χ1) is 23.8. The molecule has 5 heterocycles. The molecule has 9 rings (SSSR count). The van der Waals surface area contributed by atoms with Crippen LogP contribution in [0.15, 0.2) is 146 Å². The Morgan fingerprint density at radius 3 is 0.735 bits per heavy atom. The fourth-order valence-corrected chi connectivity index (χ4v) is 6.84. The standard InChI is InChI=1S/C44H30N4.Al.3H/c1-5-13-29(14-6-1)41-33-21-23-35(45-33)42(30-15-7-2-8-16-30)37-25-27-39(47-37)44(32-19-11-4-12-20-32)40-28-26-38(48-40)43(31-17-9-3-10-18-31)36-24-22-34(41)46-36;;;;/h1-28,45,48H;;;;. The van der Waals surface area contributed by atoms with E-state index in [9.17, 15) is 0 Å². The van der Waals surface area contributed by atoms with Gasteiger partial charge < -0.3 is 9.97 Å². The van der Waals surface area contributed by atoms with Crippen LogP contribution < -0.4 is 0 Å². The monoisotopic (exact) mass is 644 g/mol. The first-order valence-electron chi connectivity index (χ1n) is 16.2. The van der Waals surface area contributed by atoms with Crippen molar-refractivity contribution in [1.29, 1.82) is 0 Å². The largest absolute Gasteiger partial charge is 0.354 e. The highest BCUT2D eigenvalue weighted by molar-refractivity contribution is 5.99. The van der Waals surface area contributed by atoms with Crippen LogP contribution in [0.3, 0.4) is 0 Å². The van der Waals surface area contributed by atoms with Crippen molar-refractivity contribution in [2.75, 3.05) is 0 Å². The molecular formula is C44H33AlN4. The zero-order chi connectivity index (χ0) is 31.9. The Morgan fingerprint density at radius 2 is 0.510 bits per heavy atom. The van der Waals surface area contributed by atoms with Crippen molar-refractivity contribution in [2.45, 2.75) is 0 Å². The predicted molar refractivity (Wildman–Crippen MR) is 211 cm³/mol. The minimum atomic E-state index is 0. The lowest BCUT2D eigenvalue weighted by Gasteiger charge is -2.07. The number of hydrogen-bond donors (Lipinski definition) is 2. The summed E-state index contributed by atoms with van der Waals surface area (Å²) in [4.78, 5) is 18.3. The lowest BCUT2D eigenvalue weighted by molar-refractivity contribution is 1.31. The van der Waals surface area contributed by atoms with Crippen LogP contribution in [0.4, 0.5) is 0 Å². The molecule has 0 fully saturated rings. The summed E-state index contributed by atoms with van der Waals surface area (Å²) >= 11 is 0. The van der Waals surface area contributed by atoms with Crippen LogP contribution in [-0.4, -0.2) is 37.3 Å². The fraction of sp³-hybridized carbons (Fsp3) is 0. The molecule has 2 N–H and O–H groups in total. The third-order valence-corrected chi connectivity index (χ3v) is 9.00. The minimum Gasteiger partial charge on any atom is -0.354 e. The van der Waals surface area contributed by atoms with Crippen LogP contribution in [-0.2, 0) is 0 Å². The van der Waals surface area contributed by atoms with Crippen LogP contribution in [0, 0.1) is 0 Å². The number of nitrogens with one attached hydrogen (secondary N) is 2. The summed E-state index contributed by atoms with van der Waals surface area (Å²) in [6.07, 6.45) is 8.54. The SMILES string of the molecule is C1=Cc2nc1c(-c1ccccc1)c1ccc([nH]1)c(-c1ccccc1)c1nc(c(-c3ccccc3)c3ccc([nH]3)c2-c2ccccc2)C=C1.[AlH3]. The number of benzene rings is 4. The van der Waals surface area contributed by atoms with Gasteiger partial charge in [0.05, 0.1) is 22.8 Å². The van der Waals surface area contributed by atoms with Crippen molar-refractivity contribution >= 4 is 63.7 Å². The van der Waals surface area contributed by atoms with Crippen molar-refractivity contribution in [3.8, 4) is 44.5 Å². The van der Waals surface area contributed by atoms with E-state index in [4.69, 9.17) is 9.97 Å². The van der Waals surface area contributed by atoms with Gasteiger partial charge in [0.1, 0.15) is 0 Å². The number of hydrogen-bond acceptors (Lipinski definition) is 2. The van der Waals surface area contributed by atoms with Gasteiger partial charge in [0.15, 0.2) is 17.4 Å². The van der Waals surface area contributed by atoms with E-state index >= 15 is 0 Å². The van der Waals surface area contributed by atoms with Gasteiger partial charge >= 0.3 is 0 Å². The molecule has 4 nitrogen and oxygen atoms in total. The number of H-pyrrole nitrogens is 2. The molecule has 5 heteroatoms. The van der Waals surface area contributed by atoms with E-state index in [0.717, 1.165) is 89.4 Å². The Morgan fingerprint density at radius 1 is 0.286 bits per heavy atom. The fourth-order valence-electron chi connectivity index (χ4n) is 6.84. The Balaban J connectivity index is 0.00000348. The maximum Gasteiger partial charge on any atom is 0.187 e. The molecule has 7 aromatic rings. The van der Waals surface area contributed by atoms with Crippen molar-refractivity contribution < 1.29 is 0 Å². The average Bonchev–Trinajstić information content (AvgIpc) is 3.98. The molecule has 232 valence electrons. The quantitative estimate of drug-likeness (QED) is 0.187. The summed E-state index contributed by atoms with van der Waals surface area (Å²) in [5.41, 5.74) is 16.2. The molecular weight excluding hydrogens is 611 g/mol. The summed E-state index contributed by atoms with van der Waals surface area (Å²) in [6.45, 7) is 0. The van der Waals surface area contributed by atoms with Crippen LogP contribution in [0.2, 0.25) is 0 Å². The average molecular weight is 645 g/mol. The minimum absolute atomic E-state index is 0. The molecule has 0 radical (unpaired) electrons. The first kappa shape index (κ1) is 30.4. The van der Waals surface area contributed by atoms with Crippen LogP contribution in [0.5, 0.6) is 0 Å². The van der Waals surface area contributed by atoms with Gasteiger partial charge in [-0.1, -0.05) is 121 Å². The van der Waals surface area contributed by atoms with E-state index in [2.05, 4.69) is 156 Å². The molecule has 0 atom stereocenters. The highest BCUT2D eigenvalue weighted by Crippen LogP contribution is 2.38. The number of fused-ring (bicyclic) bond motifs is 8. The van der Waals surface area contributed by atoms with E-state index in [0.29, 0.717) is 0 Å². The molecule has 0 saturated carbocycles. The van der Waals surface area contributed by atoms with Crippen molar-refractivity contribution in [3.05, 3.63) is 168 Å². The lowest BCUT2D eigenvalue weighted by atomic mass is 10.0. The Labute approximate surface area is 295 Å². The third kappa shape index (κ3) is 5.56. The van der Waals surface area contributed by atoms with Crippen LogP contribution >= 0.6 is 0 Å². The molecule has 4 aromatic carbocycles. The normalized spacial score (nSPS) is 11.8. The molecule has 2 aliphatic rings. The molecule has 0 spiro atoms. The molecule has 49 heavy (non-hydrogen) atoms. The van der Waals surface area contributed by atoms with Crippen molar-refractivity contribution in [3.63, 3.8) is 0 Å². The van der Waals surface area contributed by atoms with Gasteiger partial charge in [0, 0.05) is 44.3 Å². The summed E-state index contributed by atoms with van der Waals surface area (Å²) in [5, 5.41) is 0. The van der Waals surface area contributed by atoms with E-state index < -0.39 is 0 Å². The second kappa shape index (κ2) is 12.9. The molecule has 0 saturated heterocycles. The number of rotatable bonds is 4. The predicted octanol–water partition coefficient (Wildman–Crippen LogP) is 10.1. The van der Waals surface area contributed by atoms with E-state index in [-0.39, 0.29) is 17.4 Å². The van der Waals surface area contributed by atoms with Gasteiger partial charge in [-0.15, -0.1) is 0 Å². The first-order valence-corrected chi connectivity index (χ1v) is 16.2. The second-order valence-corrected chi connectivity index (χ2v) is 12.0. The zero-order valence-electron chi connectivity index (χ0n) is 26.1. The van der Waals surface area contributed by atoms with Crippen LogP contribution in [0.1, 0.15) is 22.8 Å². The molecule has 3 aromatic heterocycles. The zero-order valence-corrected chi connectivity index (χ0v) is 26.1. The highest BCUT2D eigenvalue weighted by atomic mass is 27.0. The van der Waals surface area contributed by atoms with E-state index in [1.165, 1.54) is 0 Å². The number of nitrogens with zero attached hydrogens (tertiary/aromatic N) is 2. The van der Waals surface area contributed by atoms with Crippen molar-refractivity contribution in [2.24, 2.45) is 0 Å². The summed E-state index contributed by atoms with van der Waals surface area (Å²) in [5.74, 6) is 0. The van der Waals surface area contributed by atoms with Gasteiger partial charge in [-0.25, -0.2) is 9.97 Å². The Bertz CT molecular complexity index is 2180. The van der Waals surface area contributed by atoms with Gasteiger partial charge in [0.25, 0.3) is 0 Å². The lowest BCUT2D eigenvalue weighted by Crippen LogP contribution is -1.89. The number of aromatic amines is 2. The van der Waals surface area contributed by atoms with E-state index in [1.54, 1.807) is 0 Å². The Hall–Kier alpha value is -5.99. The topological polar surface area (TPSA) is 57.4 Å². The molecule has 0 amide bonds. The van der Waals surface area contributed by atoms with Crippen molar-refractivity contribution in [1.82, 2.24) is 19.9 Å². The van der Waals surface area contributed by atoms with E-state index in [1.807, 2.05) is 24.3 Å². The van der Waals surface area contributed by atoms with Crippen LogP contribution in [0.25, 0.3) is 90.9 Å². The Kier molecular flexibility index (Phi) is 7.99. The molecule has 0 aliphatic carbocycles.